The lowest BCUT2D eigenvalue weighted by Gasteiger charge is -2.15. The van der Waals surface area contributed by atoms with Gasteiger partial charge in [0, 0.05) is 6.54 Å². The van der Waals surface area contributed by atoms with Gasteiger partial charge in [0.25, 0.3) is 0 Å². The van der Waals surface area contributed by atoms with E-state index in [2.05, 4.69) is 23.6 Å². The van der Waals surface area contributed by atoms with Crippen LogP contribution in [0.3, 0.4) is 0 Å². The summed E-state index contributed by atoms with van der Waals surface area (Å²) in [6.07, 6.45) is 0. The number of rotatable bonds is 4. The minimum Gasteiger partial charge on any atom is -0.465 e. The van der Waals surface area contributed by atoms with Gasteiger partial charge in [0.15, 0.2) is 0 Å². The quantitative estimate of drug-likeness (QED) is 0.730. The molecule has 0 bridgehead atoms. The van der Waals surface area contributed by atoms with Crippen LogP contribution in [0.1, 0.15) is 28.4 Å². The Balaban J connectivity index is 2.87. The Bertz CT molecular complexity index is 374. The number of benzene rings is 1. The molecule has 0 aliphatic carbocycles. The molecule has 0 atom stereocenters. The van der Waals surface area contributed by atoms with Gasteiger partial charge in [0.1, 0.15) is 0 Å². The molecule has 0 radical (unpaired) electrons. The highest BCUT2D eigenvalue weighted by Gasteiger charge is 2.08. The summed E-state index contributed by atoms with van der Waals surface area (Å²) in [6, 6.07) is 5.69. The molecule has 0 amide bonds. The van der Waals surface area contributed by atoms with Gasteiger partial charge < -0.3 is 9.64 Å². The molecule has 0 saturated heterocycles. The molecular formula is C13H19NO2. The summed E-state index contributed by atoms with van der Waals surface area (Å²) in [5.41, 5.74) is 2.99. The van der Waals surface area contributed by atoms with Gasteiger partial charge in [-0.05, 0) is 43.8 Å². The first kappa shape index (κ1) is 12.7. The summed E-state index contributed by atoms with van der Waals surface area (Å²) in [7, 11) is 3.48. The molecule has 0 saturated carbocycles. The minimum absolute atomic E-state index is 0.279. The number of ether oxygens (including phenoxy) is 1. The van der Waals surface area contributed by atoms with E-state index in [1.807, 2.05) is 25.1 Å². The third-order valence-electron chi connectivity index (χ3n) is 2.74. The van der Waals surface area contributed by atoms with Crippen molar-refractivity contribution in [2.24, 2.45) is 0 Å². The number of carbonyl (C=O) groups is 1. The van der Waals surface area contributed by atoms with Crippen LogP contribution >= 0.6 is 0 Å². The topological polar surface area (TPSA) is 29.5 Å². The lowest BCUT2D eigenvalue weighted by atomic mass is 10.0. The summed E-state index contributed by atoms with van der Waals surface area (Å²) in [4.78, 5) is 13.5. The third-order valence-corrected chi connectivity index (χ3v) is 2.74. The highest BCUT2D eigenvalue weighted by atomic mass is 16.5. The summed E-state index contributed by atoms with van der Waals surface area (Å²) in [5.74, 6) is -0.279. The van der Waals surface area contributed by atoms with Crippen molar-refractivity contribution in [1.82, 2.24) is 4.90 Å². The Morgan fingerprint density at radius 1 is 1.44 bits per heavy atom. The highest BCUT2D eigenvalue weighted by Crippen LogP contribution is 2.13. The van der Waals surface area contributed by atoms with Crippen LogP contribution in [0.4, 0.5) is 0 Å². The van der Waals surface area contributed by atoms with Crippen LogP contribution in [0.5, 0.6) is 0 Å². The van der Waals surface area contributed by atoms with Gasteiger partial charge in [-0.15, -0.1) is 0 Å². The second-order valence-corrected chi connectivity index (χ2v) is 3.96. The van der Waals surface area contributed by atoms with Crippen LogP contribution in [-0.4, -0.2) is 31.6 Å². The summed E-state index contributed by atoms with van der Waals surface area (Å²) >= 11 is 0. The van der Waals surface area contributed by atoms with Gasteiger partial charge in [-0.1, -0.05) is 13.0 Å². The lowest BCUT2D eigenvalue weighted by molar-refractivity contribution is 0.0600. The second-order valence-electron chi connectivity index (χ2n) is 3.96. The molecule has 3 nitrogen and oxygen atoms in total. The fourth-order valence-electron chi connectivity index (χ4n) is 1.52. The molecule has 88 valence electrons. The predicted molar refractivity (Wildman–Crippen MR) is 64.5 cm³/mol. The third kappa shape index (κ3) is 3.07. The number of hydrogen-bond acceptors (Lipinski definition) is 3. The molecule has 1 aromatic carbocycles. The maximum atomic E-state index is 11.3. The smallest absolute Gasteiger partial charge is 0.337 e. The van der Waals surface area contributed by atoms with Crippen molar-refractivity contribution in [2.75, 3.05) is 20.7 Å². The lowest BCUT2D eigenvalue weighted by Crippen LogP contribution is -2.17. The molecule has 0 aliphatic rings. The van der Waals surface area contributed by atoms with E-state index in [0.29, 0.717) is 5.56 Å². The fraction of sp³-hybridized carbons (Fsp3) is 0.462. The summed E-state index contributed by atoms with van der Waals surface area (Å²) in [5, 5.41) is 0. The zero-order valence-electron chi connectivity index (χ0n) is 10.4. The van der Waals surface area contributed by atoms with Crippen molar-refractivity contribution in [3.63, 3.8) is 0 Å². The maximum absolute atomic E-state index is 11.3. The SMILES string of the molecule is CCN(C)Cc1ccc(C(=O)OC)cc1C. The highest BCUT2D eigenvalue weighted by molar-refractivity contribution is 5.89. The van der Waals surface area contributed by atoms with E-state index in [4.69, 9.17) is 0 Å². The van der Waals surface area contributed by atoms with Crippen molar-refractivity contribution < 1.29 is 9.53 Å². The van der Waals surface area contributed by atoms with Crippen molar-refractivity contribution in [2.45, 2.75) is 20.4 Å². The zero-order chi connectivity index (χ0) is 12.1. The fourth-order valence-corrected chi connectivity index (χ4v) is 1.52. The van der Waals surface area contributed by atoms with Crippen LogP contribution in [0.25, 0.3) is 0 Å². The first-order chi connectivity index (χ1) is 7.58. The minimum atomic E-state index is -0.279. The van der Waals surface area contributed by atoms with Crippen LogP contribution in [0, 0.1) is 6.92 Å². The van der Waals surface area contributed by atoms with E-state index in [9.17, 15) is 4.79 Å². The Hall–Kier alpha value is -1.35. The summed E-state index contributed by atoms with van der Waals surface area (Å²) in [6.45, 7) is 6.06. The molecule has 1 aromatic rings. The Morgan fingerprint density at radius 2 is 2.12 bits per heavy atom. The number of aryl methyl sites for hydroxylation is 1. The molecule has 0 heterocycles. The van der Waals surface area contributed by atoms with Gasteiger partial charge in [0.2, 0.25) is 0 Å². The van der Waals surface area contributed by atoms with Gasteiger partial charge in [-0.25, -0.2) is 4.79 Å². The van der Waals surface area contributed by atoms with E-state index in [-0.39, 0.29) is 5.97 Å². The Kier molecular flexibility index (Phi) is 4.50. The molecule has 0 aromatic heterocycles. The van der Waals surface area contributed by atoms with E-state index < -0.39 is 0 Å². The van der Waals surface area contributed by atoms with Gasteiger partial charge in [-0.2, -0.15) is 0 Å². The van der Waals surface area contributed by atoms with Crippen LogP contribution < -0.4 is 0 Å². The molecule has 3 heteroatoms. The molecule has 0 aliphatic heterocycles. The molecule has 0 spiro atoms. The van der Waals surface area contributed by atoms with Crippen molar-refractivity contribution in [3.05, 3.63) is 34.9 Å². The number of carbonyl (C=O) groups excluding carboxylic acids is 1. The van der Waals surface area contributed by atoms with Crippen molar-refractivity contribution in [1.29, 1.82) is 0 Å². The van der Waals surface area contributed by atoms with E-state index >= 15 is 0 Å². The van der Waals surface area contributed by atoms with Crippen molar-refractivity contribution >= 4 is 5.97 Å². The average molecular weight is 221 g/mol. The molecule has 16 heavy (non-hydrogen) atoms. The van der Waals surface area contributed by atoms with Crippen molar-refractivity contribution in [3.8, 4) is 0 Å². The van der Waals surface area contributed by atoms with Gasteiger partial charge in [0.05, 0.1) is 12.7 Å². The normalized spacial score (nSPS) is 10.6. The zero-order valence-corrected chi connectivity index (χ0v) is 10.4. The summed E-state index contributed by atoms with van der Waals surface area (Å²) < 4.78 is 4.68. The molecule has 0 fully saturated rings. The number of esters is 1. The maximum Gasteiger partial charge on any atom is 0.337 e. The predicted octanol–water partition coefficient (Wildman–Crippen LogP) is 2.23. The molecule has 1 rings (SSSR count). The van der Waals surface area contributed by atoms with Crippen LogP contribution in [0.15, 0.2) is 18.2 Å². The molecular weight excluding hydrogens is 202 g/mol. The number of nitrogens with zero attached hydrogens (tertiary/aromatic N) is 1. The standard InChI is InChI=1S/C13H19NO2/c1-5-14(3)9-12-7-6-11(8-10(12)2)13(15)16-4/h6-8H,5,9H2,1-4H3. The molecule has 0 unspecified atom stereocenters. The first-order valence-electron chi connectivity index (χ1n) is 5.44. The second kappa shape index (κ2) is 5.66. The molecule has 0 N–H and O–H groups in total. The van der Waals surface area contributed by atoms with E-state index in [0.717, 1.165) is 18.7 Å². The van der Waals surface area contributed by atoms with E-state index in [1.165, 1.54) is 12.7 Å². The van der Waals surface area contributed by atoms with Gasteiger partial charge >= 0.3 is 5.97 Å². The first-order valence-corrected chi connectivity index (χ1v) is 5.44. The van der Waals surface area contributed by atoms with Crippen LogP contribution in [-0.2, 0) is 11.3 Å². The number of methoxy groups -OCH3 is 1. The Labute approximate surface area is 97.0 Å². The monoisotopic (exact) mass is 221 g/mol. The van der Waals surface area contributed by atoms with E-state index in [1.54, 1.807) is 0 Å². The van der Waals surface area contributed by atoms with Crippen LogP contribution in [0.2, 0.25) is 0 Å². The van der Waals surface area contributed by atoms with Gasteiger partial charge in [-0.3, -0.25) is 0 Å². The Morgan fingerprint density at radius 3 is 2.62 bits per heavy atom. The average Bonchev–Trinajstić information content (AvgIpc) is 2.30. The number of hydrogen-bond donors (Lipinski definition) is 0. The largest absolute Gasteiger partial charge is 0.465 e.